The summed E-state index contributed by atoms with van der Waals surface area (Å²) in [5.41, 5.74) is 5.18. The van der Waals surface area contributed by atoms with Crippen LogP contribution in [-0.4, -0.2) is 22.4 Å². The number of imidazole rings is 1. The Morgan fingerprint density at radius 1 is 0.818 bits per heavy atom. The molecule has 2 heterocycles. The van der Waals surface area contributed by atoms with E-state index in [1.54, 1.807) is 0 Å². The molecule has 0 radical (unpaired) electrons. The van der Waals surface area contributed by atoms with Gasteiger partial charge in [-0.1, -0.05) is 41.9 Å². The molecular weight excluding hydrogens is 269 g/mol. The Hall–Kier alpha value is -2.88. The van der Waals surface area contributed by atoms with Crippen molar-refractivity contribution in [3.05, 3.63) is 72.9 Å². The zero-order chi connectivity index (χ0) is 14.9. The predicted molar refractivity (Wildman–Crippen MR) is 92.5 cm³/mol. The zero-order valence-electron chi connectivity index (χ0n) is 12.3. The maximum Gasteiger partial charge on any atom is 0.164 e. The quantitative estimate of drug-likeness (QED) is 0.529. The first-order valence-electron chi connectivity index (χ1n) is 7.29. The Morgan fingerprint density at radius 3 is 2.36 bits per heavy atom. The van der Waals surface area contributed by atoms with Crippen LogP contribution in [0.2, 0.25) is 0 Å². The molecule has 4 rings (SSSR count). The molecule has 0 atom stereocenters. The lowest BCUT2D eigenvalue weighted by Gasteiger charge is -2.09. The van der Waals surface area contributed by atoms with Crippen LogP contribution in [0.1, 0.15) is 0 Å². The van der Waals surface area contributed by atoms with E-state index in [2.05, 4.69) is 33.8 Å². The highest BCUT2D eigenvalue weighted by atomic mass is 15.1. The number of hydrogen-bond acceptors (Lipinski definition) is 2. The molecule has 0 spiro atoms. The van der Waals surface area contributed by atoms with Gasteiger partial charge in [0, 0.05) is 11.9 Å². The summed E-state index contributed by atoms with van der Waals surface area (Å²) in [5, 5.41) is 0. The van der Waals surface area contributed by atoms with Crippen LogP contribution in [0.3, 0.4) is 0 Å². The van der Waals surface area contributed by atoms with Gasteiger partial charge < -0.3 is 0 Å². The lowest BCUT2D eigenvalue weighted by Crippen LogP contribution is -2.04. The third kappa shape index (κ3) is 2.09. The molecule has 0 saturated carbocycles. The van der Waals surface area contributed by atoms with Gasteiger partial charge in [-0.25, -0.2) is 4.98 Å². The Labute approximate surface area is 129 Å². The van der Waals surface area contributed by atoms with Gasteiger partial charge in [0.15, 0.2) is 5.82 Å². The Balaban J connectivity index is 2.04. The average Bonchev–Trinajstić information content (AvgIpc) is 2.96. The van der Waals surface area contributed by atoms with Gasteiger partial charge in [-0.3, -0.25) is 9.55 Å². The molecule has 4 aromatic rings. The van der Waals surface area contributed by atoms with Crippen molar-refractivity contribution in [2.24, 2.45) is 0 Å². The van der Waals surface area contributed by atoms with Crippen molar-refractivity contribution in [2.75, 3.05) is 0 Å². The lowest BCUT2D eigenvalue weighted by molar-refractivity contribution is 1.08. The number of benzene rings is 2. The second kappa shape index (κ2) is 5.15. The minimum Gasteiger partial charge on any atom is -0.291 e. The Morgan fingerprint density at radius 2 is 1.59 bits per heavy atom. The monoisotopic (exact) mass is 283 g/mol. The summed E-state index contributed by atoms with van der Waals surface area (Å²) >= 11 is 0. The molecule has 0 aliphatic carbocycles. The Bertz CT molecular complexity index is 928. The van der Waals surface area contributed by atoms with Crippen molar-refractivity contribution in [3.8, 4) is 17.2 Å². The van der Waals surface area contributed by atoms with E-state index in [0.717, 1.165) is 33.7 Å². The van der Waals surface area contributed by atoms with Crippen LogP contribution in [0.25, 0.3) is 28.2 Å². The molecule has 0 amide bonds. The number of aromatic nitrogens is 3. The highest BCUT2D eigenvalue weighted by molar-refractivity contribution is 6.32. The number of hydrogen-bond donors (Lipinski definition) is 0. The first kappa shape index (κ1) is 12.8. The van der Waals surface area contributed by atoms with Crippen LogP contribution in [0.5, 0.6) is 0 Å². The van der Waals surface area contributed by atoms with E-state index < -0.39 is 0 Å². The third-order valence-electron chi connectivity index (χ3n) is 3.72. The minimum atomic E-state index is 0.868. The second-order valence-corrected chi connectivity index (χ2v) is 5.32. The summed E-state index contributed by atoms with van der Waals surface area (Å²) in [6.45, 7) is 0. The highest BCUT2D eigenvalue weighted by Crippen LogP contribution is 2.26. The summed E-state index contributed by atoms with van der Waals surface area (Å²) in [4.78, 5) is 9.34. The molecule has 2 aromatic heterocycles. The van der Waals surface area contributed by atoms with Gasteiger partial charge in [0.2, 0.25) is 0 Å². The van der Waals surface area contributed by atoms with Crippen molar-refractivity contribution in [1.82, 2.24) is 14.5 Å². The van der Waals surface area contributed by atoms with E-state index in [4.69, 9.17) is 4.98 Å². The van der Waals surface area contributed by atoms with E-state index in [9.17, 15) is 0 Å². The second-order valence-electron chi connectivity index (χ2n) is 5.32. The minimum absolute atomic E-state index is 0.868. The van der Waals surface area contributed by atoms with Crippen molar-refractivity contribution in [1.29, 1.82) is 0 Å². The van der Waals surface area contributed by atoms with E-state index in [1.807, 2.05) is 56.5 Å². The number of fused-ring (bicyclic) bond motifs is 1. The first-order chi connectivity index (χ1) is 10.8. The fourth-order valence-corrected chi connectivity index (χ4v) is 2.64. The molecule has 0 N–H and O–H groups in total. The normalized spacial score (nSPS) is 10.9. The van der Waals surface area contributed by atoms with Crippen molar-refractivity contribution in [3.63, 3.8) is 0 Å². The smallest absolute Gasteiger partial charge is 0.164 e. The first-order valence-corrected chi connectivity index (χ1v) is 7.29. The van der Waals surface area contributed by atoms with Gasteiger partial charge in [-0.15, -0.1) is 0 Å². The van der Waals surface area contributed by atoms with Gasteiger partial charge >= 0.3 is 0 Å². The average molecular weight is 283 g/mol. The summed E-state index contributed by atoms with van der Waals surface area (Å²) in [6, 6.07) is 22.5. The third-order valence-corrected chi connectivity index (χ3v) is 3.72. The maximum atomic E-state index is 4.79. The van der Waals surface area contributed by atoms with Crippen molar-refractivity contribution < 1.29 is 0 Å². The van der Waals surface area contributed by atoms with Crippen LogP contribution in [0, 0.1) is 0 Å². The fourth-order valence-electron chi connectivity index (χ4n) is 2.64. The van der Waals surface area contributed by atoms with E-state index >= 15 is 0 Å². The van der Waals surface area contributed by atoms with Crippen LogP contribution in [0.4, 0.5) is 0 Å². The summed E-state index contributed by atoms with van der Waals surface area (Å²) in [6.07, 6.45) is 1.88. The molecule has 0 unspecified atom stereocenters. The van der Waals surface area contributed by atoms with E-state index in [0.29, 0.717) is 0 Å². The van der Waals surface area contributed by atoms with Crippen LogP contribution in [-0.2, 0) is 0 Å². The molecule has 0 aliphatic rings. The van der Waals surface area contributed by atoms with Gasteiger partial charge in [0.25, 0.3) is 0 Å². The number of nitrogens with zero attached hydrogens (tertiary/aromatic N) is 3. The van der Waals surface area contributed by atoms with Crippen LogP contribution < -0.4 is 5.46 Å². The predicted octanol–water partition coefficient (Wildman–Crippen LogP) is 2.35. The SMILES string of the molecule is Bc1ccc(-c2nc3ccccc3n2-c2ccccc2)nc1. The molecule has 104 valence electrons. The van der Waals surface area contributed by atoms with Crippen LogP contribution >= 0.6 is 0 Å². The van der Waals surface area contributed by atoms with E-state index in [1.165, 1.54) is 0 Å². The summed E-state index contributed by atoms with van der Waals surface area (Å²) in [7, 11) is 2.04. The molecule has 0 saturated heterocycles. The molecule has 0 fully saturated rings. The molecular formula is C18H14BN3. The zero-order valence-corrected chi connectivity index (χ0v) is 12.3. The summed E-state index contributed by atoms with van der Waals surface area (Å²) in [5.74, 6) is 0.868. The molecule has 2 aromatic carbocycles. The van der Waals surface area contributed by atoms with Crippen LogP contribution in [0.15, 0.2) is 72.9 Å². The van der Waals surface area contributed by atoms with Gasteiger partial charge in [-0.05, 0) is 30.3 Å². The standard InChI is InChI=1S/C18H14BN3/c19-13-10-11-16(20-12-13)18-21-15-8-4-5-9-17(15)22(18)14-6-2-1-3-7-14/h1-12H,19H2. The number of rotatable bonds is 2. The number of para-hydroxylation sites is 3. The summed E-state index contributed by atoms with van der Waals surface area (Å²) < 4.78 is 2.16. The molecule has 0 bridgehead atoms. The van der Waals surface area contributed by atoms with Gasteiger partial charge in [-0.2, -0.15) is 0 Å². The van der Waals surface area contributed by atoms with Crippen molar-refractivity contribution >= 4 is 24.3 Å². The molecule has 0 aliphatic heterocycles. The Kier molecular flexibility index (Phi) is 3.00. The van der Waals surface area contributed by atoms with Crippen molar-refractivity contribution in [2.45, 2.75) is 0 Å². The molecule has 22 heavy (non-hydrogen) atoms. The maximum absolute atomic E-state index is 4.79. The molecule has 3 nitrogen and oxygen atoms in total. The van der Waals surface area contributed by atoms with Gasteiger partial charge in [0.1, 0.15) is 13.5 Å². The number of pyridine rings is 1. The topological polar surface area (TPSA) is 30.7 Å². The largest absolute Gasteiger partial charge is 0.291 e. The van der Waals surface area contributed by atoms with E-state index in [-0.39, 0.29) is 0 Å². The highest BCUT2D eigenvalue weighted by Gasteiger charge is 2.14. The van der Waals surface area contributed by atoms with Gasteiger partial charge in [0.05, 0.1) is 11.0 Å². The molecule has 4 heteroatoms. The fraction of sp³-hybridized carbons (Fsp3) is 0. The lowest BCUT2D eigenvalue weighted by atomic mass is 9.99.